The van der Waals surface area contributed by atoms with E-state index in [4.69, 9.17) is 14.2 Å². The van der Waals surface area contributed by atoms with Gasteiger partial charge in [-0.1, -0.05) is 6.58 Å². The molecule has 0 saturated carbocycles. The number of aryl methyl sites for hydroxylation is 1. The van der Waals surface area contributed by atoms with Gasteiger partial charge in [-0.3, -0.25) is 14.3 Å². The van der Waals surface area contributed by atoms with Gasteiger partial charge in [0.25, 0.3) is 5.56 Å². The van der Waals surface area contributed by atoms with Crippen molar-refractivity contribution in [2.75, 3.05) is 0 Å². The number of carbonyl (C=O) groups is 1. The first-order valence-electron chi connectivity index (χ1n) is 5.52. The minimum atomic E-state index is -0.896. The standard InChI is InChI=1S/C11H10N2O6/c1-4-3-13(10(15)12-8(4)14)9-7-6(5(2)17-9)18-11(16)19-7/h3,6-7,9H,2H2,1H3,(H,12,14,15)/t6?,7?,9-/m1/s1. The molecular formula is C11H10N2O6. The molecule has 0 amide bonds. The highest BCUT2D eigenvalue weighted by Crippen LogP contribution is 2.38. The van der Waals surface area contributed by atoms with Gasteiger partial charge in [0.15, 0.2) is 0 Å². The van der Waals surface area contributed by atoms with Crippen LogP contribution in [0.25, 0.3) is 0 Å². The number of hydrogen-bond acceptors (Lipinski definition) is 6. The number of hydrogen-bond donors (Lipinski definition) is 1. The maximum atomic E-state index is 11.8. The zero-order valence-corrected chi connectivity index (χ0v) is 9.91. The van der Waals surface area contributed by atoms with Crippen molar-refractivity contribution in [3.63, 3.8) is 0 Å². The third-order valence-corrected chi connectivity index (χ3v) is 3.04. The fourth-order valence-electron chi connectivity index (χ4n) is 2.11. The number of aromatic nitrogens is 2. The van der Waals surface area contributed by atoms with Crippen molar-refractivity contribution in [1.29, 1.82) is 0 Å². The van der Waals surface area contributed by atoms with Crippen LogP contribution in [0.1, 0.15) is 11.8 Å². The summed E-state index contributed by atoms with van der Waals surface area (Å²) in [4.78, 5) is 36.3. The van der Waals surface area contributed by atoms with E-state index in [9.17, 15) is 14.4 Å². The normalized spacial score (nSPS) is 28.6. The van der Waals surface area contributed by atoms with E-state index in [1.807, 2.05) is 0 Å². The molecule has 2 fully saturated rings. The van der Waals surface area contributed by atoms with Gasteiger partial charge in [-0.05, 0) is 6.92 Å². The molecule has 3 heterocycles. The van der Waals surface area contributed by atoms with E-state index in [0.717, 1.165) is 4.57 Å². The van der Waals surface area contributed by atoms with E-state index in [-0.39, 0.29) is 5.76 Å². The molecule has 8 heteroatoms. The predicted molar refractivity (Wildman–Crippen MR) is 60.5 cm³/mol. The zero-order chi connectivity index (χ0) is 13.7. The van der Waals surface area contributed by atoms with E-state index >= 15 is 0 Å². The van der Waals surface area contributed by atoms with Gasteiger partial charge in [0.1, 0.15) is 5.76 Å². The molecule has 2 unspecified atom stereocenters. The highest BCUT2D eigenvalue weighted by atomic mass is 16.8. The molecule has 0 radical (unpaired) electrons. The average Bonchev–Trinajstić information content (AvgIpc) is 2.84. The van der Waals surface area contributed by atoms with Crippen LogP contribution in [-0.2, 0) is 14.2 Å². The van der Waals surface area contributed by atoms with Crippen molar-refractivity contribution < 1.29 is 19.0 Å². The fourth-order valence-corrected chi connectivity index (χ4v) is 2.11. The molecule has 100 valence electrons. The van der Waals surface area contributed by atoms with Crippen LogP contribution in [0.5, 0.6) is 0 Å². The molecule has 2 aliphatic rings. The van der Waals surface area contributed by atoms with Crippen molar-refractivity contribution in [1.82, 2.24) is 9.55 Å². The Bertz CT molecular complexity index is 687. The third kappa shape index (κ3) is 1.64. The van der Waals surface area contributed by atoms with Gasteiger partial charge in [0.05, 0.1) is 0 Å². The second-order valence-electron chi connectivity index (χ2n) is 4.32. The summed E-state index contributed by atoms with van der Waals surface area (Å²) in [7, 11) is 0. The summed E-state index contributed by atoms with van der Waals surface area (Å²) in [6.45, 7) is 5.16. The molecule has 8 nitrogen and oxygen atoms in total. The number of nitrogens with one attached hydrogen (secondary N) is 1. The Balaban J connectivity index is 2.06. The number of carbonyl (C=O) groups excluding carboxylic acids is 1. The first-order valence-corrected chi connectivity index (χ1v) is 5.52. The quantitative estimate of drug-likeness (QED) is 0.706. The van der Waals surface area contributed by atoms with Crippen LogP contribution in [0, 0.1) is 6.92 Å². The molecule has 0 aromatic carbocycles. The molecule has 1 aromatic heterocycles. The lowest BCUT2D eigenvalue weighted by atomic mass is 10.2. The van der Waals surface area contributed by atoms with Crippen LogP contribution in [0.15, 0.2) is 28.1 Å². The van der Waals surface area contributed by atoms with Crippen LogP contribution in [-0.4, -0.2) is 27.9 Å². The Kier molecular flexibility index (Phi) is 2.28. The summed E-state index contributed by atoms with van der Waals surface area (Å²) in [5.74, 6) is 0.205. The number of ether oxygens (including phenoxy) is 3. The maximum Gasteiger partial charge on any atom is 0.509 e. The molecule has 1 aromatic rings. The molecule has 2 saturated heterocycles. The Morgan fingerprint density at radius 2 is 2.00 bits per heavy atom. The van der Waals surface area contributed by atoms with E-state index < -0.39 is 35.8 Å². The molecule has 0 spiro atoms. The third-order valence-electron chi connectivity index (χ3n) is 3.04. The van der Waals surface area contributed by atoms with Crippen molar-refractivity contribution in [2.24, 2.45) is 0 Å². The van der Waals surface area contributed by atoms with E-state index in [1.54, 1.807) is 6.92 Å². The second kappa shape index (κ2) is 3.74. The van der Waals surface area contributed by atoms with Crippen LogP contribution < -0.4 is 11.2 Å². The number of aromatic amines is 1. The Hall–Kier alpha value is -2.51. The highest BCUT2D eigenvalue weighted by molar-refractivity contribution is 5.63. The average molecular weight is 266 g/mol. The minimum absolute atomic E-state index is 0.205. The zero-order valence-electron chi connectivity index (χ0n) is 9.91. The molecule has 19 heavy (non-hydrogen) atoms. The summed E-state index contributed by atoms with van der Waals surface area (Å²) in [5.41, 5.74) is -0.797. The fraction of sp³-hybridized carbons (Fsp3) is 0.364. The van der Waals surface area contributed by atoms with Gasteiger partial charge in [-0.2, -0.15) is 0 Å². The first-order chi connectivity index (χ1) is 8.97. The lowest BCUT2D eigenvalue weighted by Crippen LogP contribution is -2.37. The van der Waals surface area contributed by atoms with E-state index in [1.165, 1.54) is 6.20 Å². The number of H-pyrrole nitrogens is 1. The van der Waals surface area contributed by atoms with Crippen LogP contribution >= 0.6 is 0 Å². The largest absolute Gasteiger partial charge is 0.509 e. The molecule has 2 aliphatic heterocycles. The number of fused-ring (bicyclic) bond motifs is 1. The molecule has 0 bridgehead atoms. The van der Waals surface area contributed by atoms with Gasteiger partial charge in [-0.25, -0.2) is 9.59 Å². The smallest absolute Gasteiger partial charge is 0.467 e. The summed E-state index contributed by atoms with van der Waals surface area (Å²) in [5, 5.41) is 0. The lowest BCUT2D eigenvalue weighted by Gasteiger charge is -2.17. The molecular weight excluding hydrogens is 256 g/mol. The monoisotopic (exact) mass is 266 g/mol. The predicted octanol–water partition coefficient (Wildman–Crippen LogP) is -0.208. The SMILES string of the molecule is C=C1O[C@@H](n2cc(C)c(=O)[nH]c2=O)C2OC(=O)OC12. The van der Waals surface area contributed by atoms with E-state index in [2.05, 4.69) is 11.6 Å². The summed E-state index contributed by atoms with van der Waals surface area (Å²) < 4.78 is 16.3. The van der Waals surface area contributed by atoms with Gasteiger partial charge in [-0.15, -0.1) is 0 Å². The summed E-state index contributed by atoms with van der Waals surface area (Å²) in [6.07, 6.45) is -1.92. The minimum Gasteiger partial charge on any atom is -0.467 e. The van der Waals surface area contributed by atoms with Crippen LogP contribution in [0.4, 0.5) is 4.79 Å². The van der Waals surface area contributed by atoms with Crippen LogP contribution in [0.2, 0.25) is 0 Å². The Labute approximate surface area is 106 Å². The van der Waals surface area contributed by atoms with Gasteiger partial charge >= 0.3 is 11.8 Å². The maximum absolute atomic E-state index is 11.8. The van der Waals surface area contributed by atoms with Crippen LogP contribution in [0.3, 0.4) is 0 Å². The topological polar surface area (TPSA) is 99.6 Å². The Morgan fingerprint density at radius 1 is 1.26 bits per heavy atom. The van der Waals surface area contributed by atoms with Gasteiger partial charge in [0.2, 0.25) is 18.4 Å². The molecule has 1 N–H and O–H groups in total. The van der Waals surface area contributed by atoms with Crippen molar-refractivity contribution >= 4 is 6.16 Å². The van der Waals surface area contributed by atoms with Crippen molar-refractivity contribution in [2.45, 2.75) is 25.4 Å². The highest BCUT2D eigenvalue weighted by Gasteiger charge is 2.52. The molecule has 3 atom stereocenters. The van der Waals surface area contributed by atoms with Gasteiger partial charge < -0.3 is 14.2 Å². The molecule has 0 aliphatic carbocycles. The number of rotatable bonds is 1. The second-order valence-corrected chi connectivity index (χ2v) is 4.32. The summed E-state index contributed by atoms with van der Waals surface area (Å²) >= 11 is 0. The number of nitrogens with zero attached hydrogens (tertiary/aromatic N) is 1. The lowest BCUT2D eigenvalue weighted by molar-refractivity contribution is 0.000427. The van der Waals surface area contributed by atoms with Crippen molar-refractivity contribution in [3.8, 4) is 0 Å². The van der Waals surface area contributed by atoms with Gasteiger partial charge in [0, 0.05) is 11.8 Å². The Morgan fingerprint density at radius 3 is 2.74 bits per heavy atom. The summed E-state index contributed by atoms with van der Waals surface area (Å²) in [6, 6.07) is 0. The van der Waals surface area contributed by atoms with E-state index in [0.29, 0.717) is 5.56 Å². The first kappa shape index (κ1) is 11.6. The molecule has 3 rings (SSSR count). The van der Waals surface area contributed by atoms with Crippen molar-refractivity contribution in [3.05, 3.63) is 44.9 Å².